The number of thiophene rings is 1. The van der Waals surface area contributed by atoms with E-state index < -0.39 is 12.1 Å². The molecule has 1 aromatic carbocycles. The molecule has 0 radical (unpaired) electrons. The van der Waals surface area contributed by atoms with Crippen LogP contribution in [-0.4, -0.2) is 24.9 Å². The van der Waals surface area contributed by atoms with Crippen molar-refractivity contribution in [1.29, 1.82) is 0 Å². The lowest BCUT2D eigenvalue weighted by Crippen LogP contribution is -2.34. The van der Waals surface area contributed by atoms with E-state index >= 15 is 0 Å². The van der Waals surface area contributed by atoms with E-state index in [1.54, 1.807) is 31.3 Å². The first-order valence-electron chi connectivity index (χ1n) is 7.21. The van der Waals surface area contributed by atoms with Crippen molar-refractivity contribution in [2.24, 2.45) is 5.73 Å². The molecule has 1 unspecified atom stereocenters. The third-order valence-electron chi connectivity index (χ3n) is 3.25. The van der Waals surface area contributed by atoms with Gasteiger partial charge in [-0.05, 0) is 35.7 Å². The molecule has 1 aromatic heterocycles. The van der Waals surface area contributed by atoms with E-state index in [0.717, 1.165) is 4.88 Å². The van der Waals surface area contributed by atoms with Crippen molar-refractivity contribution >= 4 is 34.9 Å². The topological polar surface area (TPSA) is 113 Å². The molecule has 0 aliphatic heterocycles. The van der Waals surface area contributed by atoms with Crippen LogP contribution in [-0.2, 0) is 4.79 Å². The van der Waals surface area contributed by atoms with Crippen molar-refractivity contribution in [2.75, 3.05) is 12.4 Å². The Morgan fingerprint density at radius 2 is 1.88 bits per heavy atom. The predicted molar refractivity (Wildman–Crippen MR) is 92.9 cm³/mol. The number of rotatable bonds is 6. The summed E-state index contributed by atoms with van der Waals surface area (Å²) in [5, 5.41) is 9.69. The molecule has 1 atom stereocenters. The second-order valence-electron chi connectivity index (χ2n) is 4.99. The van der Waals surface area contributed by atoms with Gasteiger partial charge in [0.15, 0.2) is 0 Å². The van der Waals surface area contributed by atoms with Crippen molar-refractivity contribution in [3.8, 4) is 0 Å². The maximum atomic E-state index is 12.2. The van der Waals surface area contributed by atoms with Crippen molar-refractivity contribution in [3.63, 3.8) is 0 Å². The molecule has 126 valence electrons. The van der Waals surface area contributed by atoms with Crippen molar-refractivity contribution < 1.29 is 14.4 Å². The molecule has 5 N–H and O–H groups in total. The van der Waals surface area contributed by atoms with Crippen LogP contribution in [0.25, 0.3) is 0 Å². The minimum absolute atomic E-state index is 0.0562. The maximum Gasteiger partial charge on any atom is 0.312 e. The number of benzene rings is 1. The number of carbonyl (C=O) groups is 3. The SMILES string of the molecule is CNC(=O)c1ccc(NC(=O)CC(NC(N)=O)c2cccs2)cc1. The zero-order chi connectivity index (χ0) is 17.5. The Hall–Kier alpha value is -2.87. The Bertz CT molecular complexity index is 713. The third kappa shape index (κ3) is 4.82. The monoisotopic (exact) mass is 346 g/mol. The van der Waals surface area contributed by atoms with Crippen LogP contribution in [0.5, 0.6) is 0 Å². The highest BCUT2D eigenvalue weighted by molar-refractivity contribution is 7.10. The Morgan fingerprint density at radius 3 is 2.42 bits per heavy atom. The molecular weight excluding hydrogens is 328 g/mol. The van der Waals surface area contributed by atoms with Gasteiger partial charge >= 0.3 is 6.03 Å². The van der Waals surface area contributed by atoms with Crippen LogP contribution < -0.4 is 21.7 Å². The first-order chi connectivity index (χ1) is 11.5. The molecule has 24 heavy (non-hydrogen) atoms. The molecule has 0 aliphatic rings. The highest BCUT2D eigenvalue weighted by atomic mass is 32.1. The van der Waals surface area contributed by atoms with E-state index in [1.807, 2.05) is 17.5 Å². The summed E-state index contributed by atoms with van der Waals surface area (Å²) in [6, 6.07) is 9.03. The lowest BCUT2D eigenvalue weighted by molar-refractivity contribution is -0.116. The molecule has 2 aromatic rings. The van der Waals surface area contributed by atoms with E-state index in [4.69, 9.17) is 5.73 Å². The number of anilines is 1. The van der Waals surface area contributed by atoms with Gasteiger partial charge in [-0.2, -0.15) is 0 Å². The van der Waals surface area contributed by atoms with Crippen LogP contribution in [0.3, 0.4) is 0 Å². The molecule has 0 fully saturated rings. The number of urea groups is 1. The quantitative estimate of drug-likeness (QED) is 0.640. The summed E-state index contributed by atoms with van der Waals surface area (Å²) in [4.78, 5) is 35.6. The van der Waals surface area contributed by atoms with Gasteiger partial charge in [0, 0.05) is 23.2 Å². The zero-order valence-corrected chi connectivity index (χ0v) is 13.9. The van der Waals surface area contributed by atoms with Crippen LogP contribution in [0, 0.1) is 0 Å². The van der Waals surface area contributed by atoms with Crippen molar-refractivity contribution in [1.82, 2.24) is 10.6 Å². The van der Waals surface area contributed by atoms with Crippen LogP contribution in [0.15, 0.2) is 41.8 Å². The molecule has 7 nitrogen and oxygen atoms in total. The van der Waals surface area contributed by atoms with Gasteiger partial charge in [-0.1, -0.05) is 6.07 Å². The largest absolute Gasteiger partial charge is 0.355 e. The molecular formula is C16H18N4O3S. The number of nitrogens with one attached hydrogen (secondary N) is 3. The number of carbonyl (C=O) groups excluding carboxylic acids is 3. The van der Waals surface area contributed by atoms with Gasteiger partial charge in [-0.3, -0.25) is 9.59 Å². The van der Waals surface area contributed by atoms with Crippen LogP contribution in [0.2, 0.25) is 0 Å². The average Bonchev–Trinajstić information content (AvgIpc) is 3.08. The Balaban J connectivity index is 2.00. The first-order valence-corrected chi connectivity index (χ1v) is 8.09. The standard InChI is InChI=1S/C16H18N4O3S/c1-18-15(22)10-4-6-11(7-5-10)19-14(21)9-12(20-16(17)23)13-3-2-8-24-13/h2-8,12H,9H2,1H3,(H,18,22)(H,19,21)(H3,17,20,23). The van der Waals surface area contributed by atoms with Gasteiger partial charge in [0.25, 0.3) is 5.91 Å². The molecule has 1 heterocycles. The summed E-state index contributed by atoms with van der Waals surface area (Å²) in [6.07, 6.45) is 0.0562. The molecule has 0 spiro atoms. The predicted octanol–water partition coefficient (Wildman–Crippen LogP) is 1.85. The van der Waals surface area contributed by atoms with Crippen molar-refractivity contribution in [3.05, 3.63) is 52.2 Å². The van der Waals surface area contributed by atoms with E-state index in [9.17, 15) is 14.4 Å². The summed E-state index contributed by atoms with van der Waals surface area (Å²) in [7, 11) is 1.55. The minimum Gasteiger partial charge on any atom is -0.355 e. The molecule has 4 amide bonds. The van der Waals surface area contributed by atoms with Crippen LogP contribution in [0.4, 0.5) is 10.5 Å². The van der Waals surface area contributed by atoms with Gasteiger partial charge in [-0.25, -0.2) is 4.79 Å². The normalized spacial score (nSPS) is 11.4. The fourth-order valence-electron chi connectivity index (χ4n) is 2.13. The van der Waals surface area contributed by atoms with Crippen molar-refractivity contribution in [2.45, 2.75) is 12.5 Å². The van der Waals surface area contributed by atoms with Gasteiger partial charge in [0.1, 0.15) is 0 Å². The number of hydrogen-bond acceptors (Lipinski definition) is 4. The fraction of sp³-hybridized carbons (Fsp3) is 0.188. The number of nitrogens with two attached hydrogens (primary N) is 1. The van der Waals surface area contributed by atoms with E-state index in [0.29, 0.717) is 11.3 Å². The number of hydrogen-bond donors (Lipinski definition) is 4. The van der Waals surface area contributed by atoms with Gasteiger partial charge in [0.2, 0.25) is 5.91 Å². The van der Waals surface area contributed by atoms with E-state index in [-0.39, 0.29) is 18.2 Å². The molecule has 0 aliphatic carbocycles. The van der Waals surface area contributed by atoms with E-state index in [1.165, 1.54) is 11.3 Å². The third-order valence-corrected chi connectivity index (χ3v) is 4.24. The van der Waals surface area contributed by atoms with Gasteiger partial charge < -0.3 is 21.7 Å². The molecule has 0 bridgehead atoms. The second kappa shape index (κ2) is 8.11. The Morgan fingerprint density at radius 1 is 1.17 bits per heavy atom. The molecule has 8 heteroatoms. The smallest absolute Gasteiger partial charge is 0.312 e. The molecule has 0 saturated heterocycles. The summed E-state index contributed by atoms with van der Waals surface area (Å²) in [6.45, 7) is 0. The number of amides is 4. The minimum atomic E-state index is -0.684. The van der Waals surface area contributed by atoms with Crippen LogP contribution >= 0.6 is 11.3 Å². The lowest BCUT2D eigenvalue weighted by atomic mass is 10.1. The lowest BCUT2D eigenvalue weighted by Gasteiger charge is -2.16. The highest BCUT2D eigenvalue weighted by Gasteiger charge is 2.18. The fourth-order valence-corrected chi connectivity index (χ4v) is 2.91. The van der Waals surface area contributed by atoms with E-state index in [2.05, 4.69) is 16.0 Å². The Kier molecular flexibility index (Phi) is 5.91. The average molecular weight is 346 g/mol. The summed E-state index contributed by atoms with van der Waals surface area (Å²) < 4.78 is 0. The highest BCUT2D eigenvalue weighted by Crippen LogP contribution is 2.22. The Labute approximate surface area is 143 Å². The maximum absolute atomic E-state index is 12.2. The summed E-state index contributed by atoms with van der Waals surface area (Å²) >= 11 is 1.43. The second-order valence-corrected chi connectivity index (χ2v) is 5.96. The summed E-state index contributed by atoms with van der Waals surface area (Å²) in [5.74, 6) is -0.467. The van der Waals surface area contributed by atoms with Gasteiger partial charge in [0.05, 0.1) is 12.5 Å². The van der Waals surface area contributed by atoms with Gasteiger partial charge in [-0.15, -0.1) is 11.3 Å². The molecule has 0 saturated carbocycles. The zero-order valence-electron chi connectivity index (χ0n) is 13.0. The molecule has 2 rings (SSSR count). The first kappa shape index (κ1) is 17.5. The van der Waals surface area contributed by atoms with Crippen LogP contribution in [0.1, 0.15) is 27.7 Å². The summed E-state index contributed by atoms with van der Waals surface area (Å²) in [5.41, 5.74) is 6.24. The number of primary amides is 1.